The van der Waals surface area contributed by atoms with Gasteiger partial charge in [0.2, 0.25) is 24.0 Å². The van der Waals surface area contributed by atoms with Crippen LogP contribution >= 0.6 is 11.6 Å². The van der Waals surface area contributed by atoms with Crippen LogP contribution in [0.3, 0.4) is 0 Å². The highest BCUT2D eigenvalue weighted by Crippen LogP contribution is 2.36. The molecule has 1 fully saturated rings. The van der Waals surface area contributed by atoms with Crippen LogP contribution in [0.1, 0.15) is 30.7 Å². The Morgan fingerprint density at radius 2 is 2.18 bits per heavy atom. The number of nitrogens with one attached hydrogen (secondary N) is 2. The molecule has 1 aromatic carbocycles. The fourth-order valence-electron chi connectivity index (χ4n) is 4.01. The average Bonchev–Trinajstić information content (AvgIpc) is 3.43. The van der Waals surface area contributed by atoms with Crippen molar-refractivity contribution in [1.29, 1.82) is 0 Å². The molecule has 3 atom stereocenters. The molecule has 0 bridgehead atoms. The van der Waals surface area contributed by atoms with E-state index in [4.69, 9.17) is 20.9 Å². The van der Waals surface area contributed by atoms with Gasteiger partial charge in [-0.25, -0.2) is 0 Å². The molecule has 2 aromatic heterocycles. The van der Waals surface area contributed by atoms with Crippen molar-refractivity contribution in [3.05, 3.63) is 48.2 Å². The molecule has 1 aliphatic heterocycles. The summed E-state index contributed by atoms with van der Waals surface area (Å²) in [6.07, 6.45) is 3.73. The van der Waals surface area contributed by atoms with Crippen LogP contribution in [0.5, 0.6) is 0 Å². The second-order valence-corrected chi connectivity index (χ2v) is 8.70. The van der Waals surface area contributed by atoms with E-state index < -0.39 is 5.56 Å². The first-order valence-corrected chi connectivity index (χ1v) is 11.2. The average molecular weight is 475 g/mol. The van der Waals surface area contributed by atoms with Crippen LogP contribution in [-0.2, 0) is 27.4 Å². The lowest BCUT2D eigenvalue weighted by Crippen LogP contribution is -2.39. The van der Waals surface area contributed by atoms with Crippen LogP contribution < -0.4 is 10.6 Å². The standard InChI is InChI=1S/C22H27ClN6O4/c1-28(13-25-20(31)10-24-14-30)12-21-26-22(27-33-21)18-8-15(9-19(23)32-18)11-29-7-6-16-4-2-3-5-17(16)29/h2-7,14-15,18-19H,8-13H2,1H3,(H,24,30)(H,25,31). The molecule has 1 aliphatic rings. The van der Waals surface area contributed by atoms with Crippen molar-refractivity contribution >= 4 is 34.8 Å². The number of nitrogens with zero attached hydrogens (tertiary/aromatic N) is 4. The smallest absolute Gasteiger partial charge is 0.240 e. The molecule has 0 saturated carbocycles. The van der Waals surface area contributed by atoms with Crippen molar-refractivity contribution < 1.29 is 18.8 Å². The van der Waals surface area contributed by atoms with E-state index in [1.54, 1.807) is 7.05 Å². The zero-order valence-electron chi connectivity index (χ0n) is 18.3. The molecule has 3 unspecified atom stereocenters. The minimum absolute atomic E-state index is 0.0688. The summed E-state index contributed by atoms with van der Waals surface area (Å²) < 4.78 is 13.6. The lowest BCUT2D eigenvalue weighted by molar-refractivity contribution is -0.122. The Morgan fingerprint density at radius 3 is 3.03 bits per heavy atom. The van der Waals surface area contributed by atoms with Gasteiger partial charge in [-0.15, -0.1) is 0 Å². The number of aromatic nitrogens is 3. The molecular weight excluding hydrogens is 448 g/mol. The summed E-state index contributed by atoms with van der Waals surface area (Å²) in [7, 11) is 1.81. The number of fused-ring (bicyclic) bond motifs is 1. The van der Waals surface area contributed by atoms with Gasteiger partial charge in [0, 0.05) is 18.3 Å². The van der Waals surface area contributed by atoms with Crippen molar-refractivity contribution in [2.45, 2.75) is 37.6 Å². The van der Waals surface area contributed by atoms with Gasteiger partial charge >= 0.3 is 0 Å². The van der Waals surface area contributed by atoms with Crippen molar-refractivity contribution in [2.24, 2.45) is 5.92 Å². The maximum atomic E-state index is 11.6. The van der Waals surface area contributed by atoms with E-state index in [-0.39, 0.29) is 25.2 Å². The lowest BCUT2D eigenvalue weighted by Gasteiger charge is -2.31. The van der Waals surface area contributed by atoms with Crippen LogP contribution in [0, 0.1) is 5.92 Å². The van der Waals surface area contributed by atoms with Crippen LogP contribution in [0.2, 0.25) is 0 Å². The van der Waals surface area contributed by atoms with Gasteiger partial charge in [-0.05, 0) is 43.3 Å². The Balaban J connectivity index is 1.33. The van der Waals surface area contributed by atoms with E-state index in [1.807, 2.05) is 17.0 Å². The number of carbonyl (C=O) groups is 2. The van der Waals surface area contributed by atoms with Crippen LogP contribution in [0.25, 0.3) is 10.9 Å². The number of ether oxygens (including phenoxy) is 1. The molecule has 11 heteroatoms. The van der Waals surface area contributed by atoms with E-state index in [1.165, 1.54) is 10.9 Å². The van der Waals surface area contributed by atoms with Gasteiger partial charge in [0.1, 0.15) is 11.7 Å². The van der Waals surface area contributed by atoms with Gasteiger partial charge in [0.15, 0.2) is 0 Å². The van der Waals surface area contributed by atoms with E-state index in [0.717, 1.165) is 19.4 Å². The normalized spacial score (nSPS) is 20.8. The van der Waals surface area contributed by atoms with Gasteiger partial charge in [-0.1, -0.05) is 35.0 Å². The summed E-state index contributed by atoms with van der Waals surface area (Å²) >= 11 is 6.42. The molecule has 10 nitrogen and oxygen atoms in total. The van der Waals surface area contributed by atoms with Gasteiger partial charge in [0.05, 0.1) is 19.8 Å². The summed E-state index contributed by atoms with van der Waals surface area (Å²) in [6.45, 7) is 1.39. The summed E-state index contributed by atoms with van der Waals surface area (Å²) in [5.41, 5.74) is 0.779. The first-order chi connectivity index (χ1) is 16.0. The number of alkyl halides is 1. The minimum Gasteiger partial charge on any atom is -0.351 e. The topological polar surface area (TPSA) is 115 Å². The van der Waals surface area contributed by atoms with Gasteiger partial charge in [-0.2, -0.15) is 4.98 Å². The SMILES string of the molecule is CN(CNC(=O)CNC=O)Cc1nc(C2CC(Cn3ccc4ccccc43)CC(Cl)O2)no1. The second kappa shape index (κ2) is 10.8. The highest BCUT2D eigenvalue weighted by molar-refractivity contribution is 6.19. The van der Waals surface area contributed by atoms with Crippen LogP contribution in [0.15, 0.2) is 41.1 Å². The summed E-state index contributed by atoms with van der Waals surface area (Å²) in [5, 5.41) is 10.3. The Kier molecular flexibility index (Phi) is 7.58. The van der Waals surface area contributed by atoms with Crippen molar-refractivity contribution in [2.75, 3.05) is 20.3 Å². The molecular formula is C22H27ClN6O4. The number of halogens is 1. The van der Waals surface area contributed by atoms with Crippen molar-refractivity contribution in [3.63, 3.8) is 0 Å². The zero-order valence-corrected chi connectivity index (χ0v) is 19.1. The summed E-state index contributed by atoms with van der Waals surface area (Å²) in [6, 6.07) is 10.4. The summed E-state index contributed by atoms with van der Waals surface area (Å²) in [5.74, 6) is 0.915. The number of carbonyl (C=O) groups excluding carboxylic acids is 2. The third-order valence-corrected chi connectivity index (χ3v) is 5.86. The molecule has 2 N–H and O–H groups in total. The van der Waals surface area contributed by atoms with E-state index in [0.29, 0.717) is 30.6 Å². The highest BCUT2D eigenvalue weighted by Gasteiger charge is 2.32. The quantitative estimate of drug-likeness (QED) is 0.262. The molecule has 3 heterocycles. The molecule has 33 heavy (non-hydrogen) atoms. The van der Waals surface area contributed by atoms with E-state index in [9.17, 15) is 9.59 Å². The number of hydrogen-bond acceptors (Lipinski definition) is 7. The number of para-hydroxylation sites is 1. The fourth-order valence-corrected chi connectivity index (χ4v) is 4.39. The monoisotopic (exact) mass is 474 g/mol. The largest absolute Gasteiger partial charge is 0.351 e. The lowest BCUT2D eigenvalue weighted by atomic mass is 9.95. The first kappa shape index (κ1) is 23.2. The molecule has 3 aromatic rings. The van der Waals surface area contributed by atoms with Crippen molar-refractivity contribution in [1.82, 2.24) is 30.2 Å². The Morgan fingerprint density at radius 1 is 1.33 bits per heavy atom. The van der Waals surface area contributed by atoms with Gasteiger partial charge in [-0.3, -0.25) is 14.5 Å². The van der Waals surface area contributed by atoms with Crippen molar-refractivity contribution in [3.8, 4) is 0 Å². The van der Waals surface area contributed by atoms with Crippen LogP contribution in [-0.4, -0.2) is 57.7 Å². The molecule has 0 radical (unpaired) electrons. The predicted molar refractivity (Wildman–Crippen MR) is 121 cm³/mol. The zero-order chi connectivity index (χ0) is 23.2. The van der Waals surface area contributed by atoms with Gasteiger partial charge < -0.3 is 24.5 Å². The number of rotatable bonds is 10. The third kappa shape index (κ3) is 6.10. The Hall–Kier alpha value is -2.95. The maximum absolute atomic E-state index is 11.6. The number of benzene rings is 1. The minimum atomic E-state index is -0.421. The molecule has 0 spiro atoms. The van der Waals surface area contributed by atoms with E-state index >= 15 is 0 Å². The number of hydrogen-bond donors (Lipinski definition) is 2. The summed E-state index contributed by atoms with van der Waals surface area (Å²) in [4.78, 5) is 28.1. The first-order valence-electron chi connectivity index (χ1n) is 10.8. The van der Waals surface area contributed by atoms with E-state index in [2.05, 4.69) is 49.7 Å². The van der Waals surface area contributed by atoms with Gasteiger partial charge in [0.25, 0.3) is 0 Å². The predicted octanol–water partition coefficient (Wildman–Crippen LogP) is 2.01. The molecule has 1 saturated heterocycles. The highest BCUT2D eigenvalue weighted by atomic mass is 35.5. The third-order valence-electron chi connectivity index (χ3n) is 5.58. The Bertz CT molecular complexity index is 1090. The van der Waals surface area contributed by atoms with Crippen LogP contribution in [0.4, 0.5) is 0 Å². The fraction of sp³-hybridized carbons (Fsp3) is 0.455. The molecule has 176 valence electrons. The Labute approximate surface area is 196 Å². The maximum Gasteiger partial charge on any atom is 0.240 e. The number of amides is 2. The molecule has 2 amide bonds. The molecule has 4 rings (SSSR count). The second-order valence-electron chi connectivity index (χ2n) is 8.22. The molecule has 0 aliphatic carbocycles.